The number of aromatic nitrogens is 1. The average molecular weight is 405 g/mol. The number of nitrogens with one attached hydrogen (secondary N) is 1. The summed E-state index contributed by atoms with van der Waals surface area (Å²) in [6.07, 6.45) is 1.81. The smallest absolute Gasteiger partial charge is 0.123 e. The fourth-order valence-corrected chi connectivity index (χ4v) is 3.67. The molecule has 0 atom stereocenters. The van der Waals surface area contributed by atoms with E-state index in [2.05, 4.69) is 41.7 Å². The fourth-order valence-electron chi connectivity index (χ4n) is 3.67. The number of pyridine rings is 1. The van der Waals surface area contributed by atoms with Crippen LogP contribution < -0.4 is 5.43 Å². The first-order chi connectivity index (χ1) is 15.2. The van der Waals surface area contributed by atoms with E-state index in [1.54, 1.807) is 12.1 Å². The van der Waals surface area contributed by atoms with E-state index in [1.807, 2.05) is 48.7 Å². The van der Waals surface area contributed by atoms with Crippen LogP contribution in [0.2, 0.25) is 0 Å². The topological polar surface area (TPSA) is 37.3 Å². The van der Waals surface area contributed by atoms with Crippen molar-refractivity contribution >= 4 is 33.6 Å². The third-order valence-corrected chi connectivity index (χ3v) is 5.32. The summed E-state index contributed by atoms with van der Waals surface area (Å²) in [6, 6.07) is 28.8. The third-order valence-electron chi connectivity index (χ3n) is 5.32. The zero-order chi connectivity index (χ0) is 21.2. The predicted molar refractivity (Wildman–Crippen MR) is 127 cm³/mol. The summed E-state index contributed by atoms with van der Waals surface area (Å²) >= 11 is 0. The molecular weight excluding hydrogens is 385 g/mol. The lowest BCUT2D eigenvalue weighted by Gasteiger charge is -2.10. The van der Waals surface area contributed by atoms with E-state index in [9.17, 15) is 4.39 Å². The number of rotatable bonds is 4. The number of fused-ring (bicyclic) bond motifs is 3. The fraction of sp³-hybridized carbons (Fsp3) is 0.0370. The summed E-state index contributed by atoms with van der Waals surface area (Å²) in [7, 11) is 0. The van der Waals surface area contributed by atoms with Crippen molar-refractivity contribution in [3.8, 4) is 11.3 Å². The number of hydrogen-bond donors (Lipinski definition) is 1. The molecule has 4 aromatic carbocycles. The monoisotopic (exact) mass is 405 g/mol. The number of benzene rings is 4. The van der Waals surface area contributed by atoms with E-state index < -0.39 is 0 Å². The van der Waals surface area contributed by atoms with E-state index in [-0.39, 0.29) is 5.82 Å². The summed E-state index contributed by atoms with van der Waals surface area (Å²) in [5.74, 6) is -0.265. The Labute approximate surface area is 179 Å². The second-order valence-corrected chi connectivity index (χ2v) is 7.52. The molecular formula is C27H20FN3. The van der Waals surface area contributed by atoms with Crippen molar-refractivity contribution in [1.82, 2.24) is 4.98 Å². The molecule has 0 unspecified atom stereocenters. The quantitative estimate of drug-likeness (QED) is 0.200. The number of halogens is 1. The van der Waals surface area contributed by atoms with Gasteiger partial charge >= 0.3 is 0 Å². The van der Waals surface area contributed by atoms with Crippen LogP contribution in [0.5, 0.6) is 0 Å². The maximum Gasteiger partial charge on any atom is 0.123 e. The summed E-state index contributed by atoms with van der Waals surface area (Å²) in [5, 5.41) is 7.67. The van der Waals surface area contributed by atoms with Gasteiger partial charge < -0.3 is 0 Å². The second kappa shape index (κ2) is 8.00. The Bertz CT molecular complexity index is 1410. The van der Waals surface area contributed by atoms with Gasteiger partial charge in [0.05, 0.1) is 23.1 Å². The molecule has 4 heteroatoms. The van der Waals surface area contributed by atoms with Crippen LogP contribution in [0.25, 0.3) is 32.9 Å². The van der Waals surface area contributed by atoms with Crippen LogP contribution in [0, 0.1) is 12.7 Å². The molecule has 31 heavy (non-hydrogen) atoms. The van der Waals surface area contributed by atoms with Gasteiger partial charge in [-0.1, -0.05) is 54.1 Å². The molecule has 0 saturated heterocycles. The van der Waals surface area contributed by atoms with Gasteiger partial charge in [0.2, 0.25) is 0 Å². The molecule has 5 rings (SSSR count). The number of hydrazone groups is 1. The molecule has 0 radical (unpaired) electrons. The first-order valence-corrected chi connectivity index (χ1v) is 10.1. The minimum absolute atomic E-state index is 0.265. The highest BCUT2D eigenvalue weighted by molar-refractivity contribution is 6.11. The van der Waals surface area contributed by atoms with Gasteiger partial charge in [0.15, 0.2) is 0 Å². The summed E-state index contributed by atoms with van der Waals surface area (Å²) in [4.78, 5) is 4.94. The first kappa shape index (κ1) is 18.9. The summed E-state index contributed by atoms with van der Waals surface area (Å²) in [5.41, 5.74) is 8.68. The van der Waals surface area contributed by atoms with Gasteiger partial charge in [-0.25, -0.2) is 9.37 Å². The SMILES string of the molecule is Cc1ccc(NN=Cc2cc(-c3ccc(F)cc3)nc3c2ccc2ccccc23)cc1. The van der Waals surface area contributed by atoms with E-state index in [4.69, 9.17) is 4.98 Å². The number of anilines is 1. The Hall–Kier alpha value is -4.05. The molecule has 0 fully saturated rings. The van der Waals surface area contributed by atoms with Crippen LogP contribution in [0.15, 0.2) is 96.1 Å². The lowest BCUT2D eigenvalue weighted by molar-refractivity contribution is 0.628. The standard InChI is InChI=1S/C27H20FN3/c1-18-6-13-23(14-7-18)31-29-17-21-16-26(20-8-11-22(28)12-9-20)30-27-24-5-3-2-4-19(24)10-15-25(21)27/h2-17,31H,1H3. The maximum absolute atomic E-state index is 13.4. The summed E-state index contributed by atoms with van der Waals surface area (Å²) < 4.78 is 13.4. The van der Waals surface area contributed by atoms with Crippen LogP contribution in [0.1, 0.15) is 11.1 Å². The van der Waals surface area contributed by atoms with E-state index in [0.717, 1.165) is 44.2 Å². The molecule has 0 aliphatic carbocycles. The van der Waals surface area contributed by atoms with Crippen molar-refractivity contribution < 1.29 is 4.39 Å². The van der Waals surface area contributed by atoms with Crippen molar-refractivity contribution in [2.75, 3.05) is 5.43 Å². The van der Waals surface area contributed by atoms with Crippen molar-refractivity contribution in [1.29, 1.82) is 0 Å². The molecule has 0 saturated carbocycles. The largest absolute Gasteiger partial charge is 0.279 e. The van der Waals surface area contributed by atoms with E-state index in [0.29, 0.717) is 0 Å². The number of nitrogens with zero attached hydrogens (tertiary/aromatic N) is 2. The molecule has 1 N–H and O–H groups in total. The highest BCUT2D eigenvalue weighted by atomic mass is 19.1. The molecule has 5 aromatic rings. The van der Waals surface area contributed by atoms with Gasteiger partial charge in [-0.05, 0) is 54.8 Å². The van der Waals surface area contributed by atoms with Crippen molar-refractivity contribution in [3.63, 3.8) is 0 Å². The minimum Gasteiger partial charge on any atom is -0.279 e. The lowest BCUT2D eigenvalue weighted by atomic mass is 10.0. The van der Waals surface area contributed by atoms with Gasteiger partial charge in [-0.15, -0.1) is 0 Å². The Kier molecular flexibility index (Phi) is 4.89. The maximum atomic E-state index is 13.4. The van der Waals surface area contributed by atoms with Crippen molar-refractivity contribution in [2.24, 2.45) is 5.10 Å². The van der Waals surface area contributed by atoms with Crippen LogP contribution in [-0.4, -0.2) is 11.2 Å². The molecule has 1 heterocycles. The Balaban J connectivity index is 1.64. The highest BCUT2D eigenvalue weighted by Crippen LogP contribution is 2.29. The minimum atomic E-state index is -0.265. The first-order valence-electron chi connectivity index (χ1n) is 10.1. The molecule has 0 aliphatic heterocycles. The predicted octanol–water partition coefficient (Wildman–Crippen LogP) is 6.95. The van der Waals surface area contributed by atoms with Crippen molar-refractivity contribution in [3.05, 3.63) is 108 Å². The van der Waals surface area contributed by atoms with E-state index >= 15 is 0 Å². The van der Waals surface area contributed by atoms with Crippen molar-refractivity contribution in [2.45, 2.75) is 6.92 Å². The normalized spacial score (nSPS) is 11.4. The second-order valence-electron chi connectivity index (χ2n) is 7.52. The third kappa shape index (κ3) is 3.88. The summed E-state index contributed by atoms with van der Waals surface area (Å²) in [6.45, 7) is 2.05. The van der Waals surface area contributed by atoms with Gasteiger partial charge in [-0.2, -0.15) is 5.10 Å². The molecule has 150 valence electrons. The number of aryl methyl sites for hydroxylation is 1. The highest BCUT2D eigenvalue weighted by Gasteiger charge is 2.10. The average Bonchev–Trinajstić information content (AvgIpc) is 2.80. The molecule has 1 aromatic heterocycles. The number of hydrogen-bond acceptors (Lipinski definition) is 3. The Morgan fingerprint density at radius 2 is 1.61 bits per heavy atom. The lowest BCUT2D eigenvalue weighted by Crippen LogP contribution is -1.95. The van der Waals surface area contributed by atoms with Crippen LogP contribution in [0.3, 0.4) is 0 Å². The zero-order valence-electron chi connectivity index (χ0n) is 17.0. The molecule has 0 amide bonds. The van der Waals surface area contributed by atoms with Crippen LogP contribution >= 0.6 is 0 Å². The van der Waals surface area contributed by atoms with Gasteiger partial charge in [0, 0.05) is 21.9 Å². The van der Waals surface area contributed by atoms with Gasteiger partial charge in [-0.3, -0.25) is 5.43 Å². The van der Waals surface area contributed by atoms with Gasteiger partial charge in [0.1, 0.15) is 5.82 Å². The van der Waals surface area contributed by atoms with E-state index in [1.165, 1.54) is 17.7 Å². The van der Waals surface area contributed by atoms with Gasteiger partial charge in [0.25, 0.3) is 0 Å². The zero-order valence-corrected chi connectivity index (χ0v) is 17.0. The molecule has 0 aliphatic rings. The Morgan fingerprint density at radius 1 is 0.839 bits per heavy atom. The molecule has 0 bridgehead atoms. The Morgan fingerprint density at radius 3 is 2.42 bits per heavy atom. The van der Waals surface area contributed by atoms with Crippen LogP contribution in [0.4, 0.5) is 10.1 Å². The van der Waals surface area contributed by atoms with Crippen LogP contribution in [-0.2, 0) is 0 Å². The molecule has 3 nitrogen and oxygen atoms in total. The molecule has 0 spiro atoms.